The molecule has 138 valence electrons. The van der Waals surface area contributed by atoms with Crippen molar-refractivity contribution in [3.05, 3.63) is 105 Å². The van der Waals surface area contributed by atoms with E-state index in [1.807, 2.05) is 12.1 Å². The first-order valence-corrected chi connectivity index (χ1v) is 8.77. The number of halogens is 1. The summed E-state index contributed by atoms with van der Waals surface area (Å²) in [4.78, 5) is 10.4. The number of nitro benzene ring substituents is 1. The molecule has 0 heterocycles. The highest BCUT2D eigenvalue weighted by Gasteiger charge is 2.06. The minimum absolute atomic E-state index is 0.0350. The lowest BCUT2D eigenvalue weighted by atomic mass is 10.0. The van der Waals surface area contributed by atoms with Gasteiger partial charge in [-0.2, -0.15) is 5.26 Å². The maximum Gasteiger partial charge on any atom is 0.269 e. The topological polar surface area (TPSA) is 76.2 Å². The van der Waals surface area contributed by atoms with Crippen molar-refractivity contribution in [2.45, 2.75) is 6.61 Å². The maximum absolute atomic E-state index is 10.8. The normalized spacial score (nSPS) is 10.9. The summed E-state index contributed by atoms with van der Waals surface area (Å²) in [6, 6.07) is 22.9. The fraction of sp³-hybridized carbons (Fsp3) is 0.0455. The molecule has 5 nitrogen and oxygen atoms in total. The third-order valence-electron chi connectivity index (χ3n) is 3.99. The Balaban J connectivity index is 1.69. The molecule has 6 heteroatoms. The molecule has 0 radical (unpaired) electrons. The number of benzene rings is 3. The highest BCUT2D eigenvalue weighted by molar-refractivity contribution is 6.30. The van der Waals surface area contributed by atoms with Crippen molar-refractivity contribution in [2.75, 3.05) is 0 Å². The Hall–Kier alpha value is -3.62. The standard InChI is InChI=1S/C22H15ClN2O3/c23-20-8-6-18(7-9-20)19(14-24)12-16-4-10-22(11-5-16)28-15-17-2-1-3-21(13-17)25(26)27/h1-13H,15H2/b19-12+. The molecule has 0 saturated carbocycles. The zero-order valence-corrected chi connectivity index (χ0v) is 15.5. The Morgan fingerprint density at radius 2 is 1.82 bits per heavy atom. The second-order valence-corrected chi connectivity index (χ2v) is 6.40. The van der Waals surface area contributed by atoms with Crippen molar-refractivity contribution >= 4 is 28.9 Å². The van der Waals surface area contributed by atoms with Gasteiger partial charge in [0.25, 0.3) is 5.69 Å². The van der Waals surface area contributed by atoms with Gasteiger partial charge in [0.1, 0.15) is 12.4 Å². The summed E-state index contributed by atoms with van der Waals surface area (Å²) in [5.41, 5.74) is 2.93. The van der Waals surface area contributed by atoms with Gasteiger partial charge >= 0.3 is 0 Å². The van der Waals surface area contributed by atoms with Crippen LogP contribution in [-0.2, 0) is 6.61 Å². The number of nitrogens with zero attached hydrogens (tertiary/aromatic N) is 2. The first kappa shape index (κ1) is 19.2. The number of nitro groups is 1. The van der Waals surface area contributed by atoms with Crippen molar-refractivity contribution in [3.63, 3.8) is 0 Å². The summed E-state index contributed by atoms with van der Waals surface area (Å²) in [7, 11) is 0. The monoisotopic (exact) mass is 390 g/mol. The largest absolute Gasteiger partial charge is 0.489 e. The number of hydrogen-bond donors (Lipinski definition) is 0. The summed E-state index contributed by atoms with van der Waals surface area (Å²) < 4.78 is 5.69. The van der Waals surface area contributed by atoms with E-state index in [0.29, 0.717) is 21.9 Å². The Morgan fingerprint density at radius 3 is 2.46 bits per heavy atom. The molecule has 0 saturated heterocycles. The van der Waals surface area contributed by atoms with E-state index in [1.165, 1.54) is 12.1 Å². The van der Waals surface area contributed by atoms with E-state index in [1.54, 1.807) is 54.6 Å². The second-order valence-electron chi connectivity index (χ2n) is 5.96. The molecule has 0 aliphatic carbocycles. The minimum atomic E-state index is -0.432. The van der Waals surface area contributed by atoms with Gasteiger partial charge in [0.2, 0.25) is 0 Å². The van der Waals surface area contributed by atoms with Crippen LogP contribution in [0, 0.1) is 21.4 Å². The molecule has 3 aromatic rings. The summed E-state index contributed by atoms with van der Waals surface area (Å²) in [6.45, 7) is 0.227. The minimum Gasteiger partial charge on any atom is -0.489 e. The maximum atomic E-state index is 10.8. The van der Waals surface area contributed by atoms with E-state index >= 15 is 0 Å². The molecule has 0 bridgehead atoms. The highest BCUT2D eigenvalue weighted by atomic mass is 35.5. The first-order chi connectivity index (χ1) is 13.5. The second kappa shape index (κ2) is 8.85. The number of hydrogen-bond acceptors (Lipinski definition) is 4. The van der Waals surface area contributed by atoms with Gasteiger partial charge in [-0.1, -0.05) is 48.0 Å². The first-order valence-electron chi connectivity index (χ1n) is 8.39. The molecule has 0 aliphatic rings. The van der Waals surface area contributed by atoms with E-state index in [4.69, 9.17) is 16.3 Å². The van der Waals surface area contributed by atoms with Crippen LogP contribution in [0.3, 0.4) is 0 Å². The van der Waals surface area contributed by atoms with Gasteiger partial charge in [-0.25, -0.2) is 0 Å². The Bertz CT molecular complexity index is 1050. The Labute approximate surface area is 167 Å². The van der Waals surface area contributed by atoms with Gasteiger partial charge in [-0.3, -0.25) is 10.1 Å². The number of rotatable bonds is 6. The fourth-order valence-corrected chi connectivity index (χ4v) is 2.69. The van der Waals surface area contributed by atoms with Crippen LogP contribution in [0.4, 0.5) is 5.69 Å². The van der Waals surface area contributed by atoms with Crippen LogP contribution in [0.2, 0.25) is 5.02 Å². The lowest BCUT2D eigenvalue weighted by Crippen LogP contribution is -1.96. The molecule has 28 heavy (non-hydrogen) atoms. The quantitative estimate of drug-likeness (QED) is 0.227. The van der Waals surface area contributed by atoms with Crippen molar-refractivity contribution in [1.82, 2.24) is 0 Å². The predicted octanol–water partition coefficient (Wildman–Crippen LogP) is 5.89. The lowest BCUT2D eigenvalue weighted by Gasteiger charge is -2.07. The smallest absolute Gasteiger partial charge is 0.269 e. The Kier molecular flexibility index (Phi) is 6.05. The third-order valence-corrected chi connectivity index (χ3v) is 4.25. The molecule has 3 rings (SSSR count). The molecule has 0 atom stereocenters. The van der Waals surface area contributed by atoms with E-state index in [-0.39, 0.29) is 12.3 Å². The molecule has 0 amide bonds. The molecule has 0 aliphatic heterocycles. The molecule has 0 fully saturated rings. The van der Waals surface area contributed by atoms with Crippen molar-refractivity contribution in [2.24, 2.45) is 0 Å². The van der Waals surface area contributed by atoms with Crippen LogP contribution in [0.1, 0.15) is 16.7 Å². The zero-order chi connectivity index (χ0) is 19.9. The molecular weight excluding hydrogens is 376 g/mol. The molecule has 0 aromatic heterocycles. The number of nitriles is 1. The van der Waals surface area contributed by atoms with Gasteiger partial charge in [0.05, 0.1) is 16.6 Å². The Morgan fingerprint density at radius 1 is 1.11 bits per heavy atom. The average molecular weight is 391 g/mol. The van der Waals surface area contributed by atoms with Gasteiger partial charge in [0.15, 0.2) is 0 Å². The van der Waals surface area contributed by atoms with Crippen molar-refractivity contribution < 1.29 is 9.66 Å². The predicted molar refractivity (Wildman–Crippen MR) is 109 cm³/mol. The van der Waals surface area contributed by atoms with Gasteiger partial charge < -0.3 is 4.74 Å². The summed E-state index contributed by atoms with van der Waals surface area (Å²) >= 11 is 5.89. The zero-order valence-electron chi connectivity index (χ0n) is 14.7. The highest BCUT2D eigenvalue weighted by Crippen LogP contribution is 2.22. The summed E-state index contributed by atoms with van der Waals surface area (Å²) in [5.74, 6) is 0.633. The van der Waals surface area contributed by atoms with Crippen molar-refractivity contribution in [1.29, 1.82) is 5.26 Å². The number of non-ortho nitro benzene ring substituents is 1. The SMILES string of the molecule is N#C/C(=C\c1ccc(OCc2cccc([N+](=O)[O-])c2)cc1)c1ccc(Cl)cc1. The van der Waals surface area contributed by atoms with Crippen LogP contribution < -0.4 is 4.74 Å². The van der Waals surface area contributed by atoms with Crippen LogP contribution in [0.25, 0.3) is 11.6 Å². The number of allylic oxidation sites excluding steroid dienone is 1. The molecular formula is C22H15ClN2O3. The van der Waals surface area contributed by atoms with Crippen LogP contribution in [0.5, 0.6) is 5.75 Å². The van der Waals surface area contributed by atoms with E-state index in [9.17, 15) is 15.4 Å². The van der Waals surface area contributed by atoms with E-state index in [2.05, 4.69) is 6.07 Å². The number of ether oxygens (including phenoxy) is 1. The molecule has 0 spiro atoms. The van der Waals surface area contributed by atoms with Crippen molar-refractivity contribution in [3.8, 4) is 11.8 Å². The fourth-order valence-electron chi connectivity index (χ4n) is 2.56. The molecule has 0 unspecified atom stereocenters. The van der Waals surface area contributed by atoms with E-state index < -0.39 is 4.92 Å². The lowest BCUT2D eigenvalue weighted by molar-refractivity contribution is -0.384. The van der Waals surface area contributed by atoms with Gasteiger partial charge in [0, 0.05) is 17.2 Å². The summed E-state index contributed by atoms with van der Waals surface area (Å²) in [6.07, 6.45) is 1.79. The van der Waals surface area contributed by atoms with Crippen LogP contribution in [-0.4, -0.2) is 4.92 Å². The van der Waals surface area contributed by atoms with Crippen LogP contribution in [0.15, 0.2) is 72.8 Å². The molecule has 3 aromatic carbocycles. The third kappa shape index (κ3) is 4.97. The summed E-state index contributed by atoms with van der Waals surface area (Å²) in [5, 5.41) is 20.9. The molecule has 0 N–H and O–H groups in total. The van der Waals surface area contributed by atoms with Crippen LogP contribution >= 0.6 is 11.6 Å². The van der Waals surface area contributed by atoms with Gasteiger partial charge in [-0.15, -0.1) is 0 Å². The average Bonchev–Trinajstić information content (AvgIpc) is 2.72. The van der Waals surface area contributed by atoms with E-state index in [0.717, 1.165) is 11.1 Å². The van der Waals surface area contributed by atoms with Gasteiger partial charge in [-0.05, 0) is 47.0 Å².